The summed E-state index contributed by atoms with van der Waals surface area (Å²) in [6, 6.07) is 5.21. The van der Waals surface area contributed by atoms with Crippen molar-refractivity contribution in [1.82, 2.24) is 0 Å². The number of hydrogen-bond acceptors (Lipinski definition) is 3. The molecule has 0 radical (unpaired) electrons. The molecule has 0 saturated heterocycles. The van der Waals surface area contributed by atoms with Crippen LogP contribution in [-0.4, -0.2) is 12.6 Å². The van der Waals surface area contributed by atoms with Gasteiger partial charge in [-0.3, -0.25) is 0 Å². The molecule has 19 heavy (non-hydrogen) atoms. The summed E-state index contributed by atoms with van der Waals surface area (Å²) in [5, 5.41) is 11.4. The Morgan fingerprint density at radius 2 is 1.89 bits per heavy atom. The average Bonchev–Trinajstić information content (AvgIpc) is 2.31. The molecular weight excluding hydrogens is 254 g/mol. The van der Waals surface area contributed by atoms with Gasteiger partial charge in [-0.05, 0) is 23.6 Å². The Kier molecular flexibility index (Phi) is 4.49. The second kappa shape index (κ2) is 5.70. The molecule has 1 aromatic rings. The van der Waals surface area contributed by atoms with Gasteiger partial charge in [0, 0.05) is 0 Å². The monoisotopic (exact) mass is 267 g/mol. The molecule has 0 spiro atoms. The van der Waals surface area contributed by atoms with Crippen LogP contribution in [0.1, 0.15) is 19.4 Å². The molecule has 0 aliphatic heterocycles. The normalized spacial score (nSPS) is 13.9. The molecule has 0 N–H and O–H groups in total. The third kappa shape index (κ3) is 2.84. The van der Waals surface area contributed by atoms with Gasteiger partial charge in [-0.2, -0.15) is 8.78 Å². The molecule has 5 heteroatoms. The lowest BCUT2D eigenvalue weighted by Crippen LogP contribution is -2.48. The highest BCUT2D eigenvalue weighted by atomic mass is 19.3. The SMILES string of the molecule is C#CC(C(=O)[O-])(c1ccc(OC(F)F)cc1)C(C)C. The van der Waals surface area contributed by atoms with Gasteiger partial charge in [0.15, 0.2) is 0 Å². The van der Waals surface area contributed by atoms with Gasteiger partial charge in [-0.25, -0.2) is 0 Å². The average molecular weight is 267 g/mol. The van der Waals surface area contributed by atoms with Crippen LogP contribution >= 0.6 is 0 Å². The number of benzene rings is 1. The van der Waals surface area contributed by atoms with E-state index in [-0.39, 0.29) is 5.75 Å². The van der Waals surface area contributed by atoms with Crippen molar-refractivity contribution < 1.29 is 23.4 Å². The number of alkyl halides is 2. The summed E-state index contributed by atoms with van der Waals surface area (Å²) in [6.07, 6.45) is 5.34. The van der Waals surface area contributed by atoms with Gasteiger partial charge in [0.1, 0.15) is 5.75 Å². The van der Waals surface area contributed by atoms with Crippen LogP contribution in [-0.2, 0) is 10.2 Å². The fourth-order valence-electron chi connectivity index (χ4n) is 1.90. The van der Waals surface area contributed by atoms with Crippen LogP contribution in [0.15, 0.2) is 24.3 Å². The highest BCUT2D eigenvalue weighted by Gasteiger charge is 2.35. The maximum absolute atomic E-state index is 12.0. The van der Waals surface area contributed by atoms with E-state index in [0.717, 1.165) is 0 Å². The zero-order chi connectivity index (χ0) is 14.6. The fourth-order valence-corrected chi connectivity index (χ4v) is 1.90. The Morgan fingerprint density at radius 3 is 2.21 bits per heavy atom. The Labute approximate surface area is 110 Å². The molecule has 1 atom stereocenters. The topological polar surface area (TPSA) is 49.4 Å². The van der Waals surface area contributed by atoms with Crippen molar-refractivity contribution in [3.8, 4) is 18.1 Å². The summed E-state index contributed by atoms with van der Waals surface area (Å²) in [5.41, 5.74) is -1.30. The van der Waals surface area contributed by atoms with Gasteiger partial charge in [-0.1, -0.05) is 31.9 Å². The first kappa shape index (κ1) is 15.0. The van der Waals surface area contributed by atoms with Crippen molar-refractivity contribution in [3.63, 3.8) is 0 Å². The predicted octanol–water partition coefficient (Wildman–Crippen LogP) is 1.56. The predicted molar refractivity (Wildman–Crippen MR) is 63.4 cm³/mol. The Bertz CT molecular complexity index is 488. The van der Waals surface area contributed by atoms with Gasteiger partial charge in [0.25, 0.3) is 0 Å². The number of rotatable bonds is 5. The smallest absolute Gasteiger partial charge is 0.387 e. The molecule has 0 aromatic heterocycles. The second-order valence-corrected chi connectivity index (χ2v) is 4.30. The minimum absolute atomic E-state index is 0.0632. The zero-order valence-corrected chi connectivity index (χ0v) is 10.5. The first-order chi connectivity index (χ1) is 8.84. The molecule has 1 aromatic carbocycles. The first-order valence-corrected chi connectivity index (χ1v) is 5.59. The molecule has 0 aliphatic carbocycles. The van der Waals surface area contributed by atoms with Gasteiger partial charge in [0.2, 0.25) is 0 Å². The molecular formula is C14H13F2O3-. The van der Waals surface area contributed by atoms with E-state index < -0.39 is 23.9 Å². The van der Waals surface area contributed by atoms with E-state index in [4.69, 9.17) is 6.42 Å². The highest BCUT2D eigenvalue weighted by molar-refractivity contribution is 5.84. The Morgan fingerprint density at radius 1 is 1.37 bits per heavy atom. The molecule has 1 unspecified atom stereocenters. The van der Waals surface area contributed by atoms with E-state index in [9.17, 15) is 18.7 Å². The number of aliphatic carboxylic acids is 1. The zero-order valence-electron chi connectivity index (χ0n) is 10.5. The number of halogens is 2. The standard InChI is InChI=1S/C14H14F2O3/c1-4-14(9(2)3,12(17)18)10-5-7-11(8-6-10)19-13(15)16/h1,5-9,13H,2-3H3,(H,17,18)/p-1. The summed E-state index contributed by atoms with van der Waals surface area (Å²) in [5.74, 6) is 0.368. The minimum Gasteiger partial charge on any atom is -0.548 e. The summed E-state index contributed by atoms with van der Waals surface area (Å²) in [4.78, 5) is 11.4. The number of ether oxygens (including phenoxy) is 1. The molecule has 3 nitrogen and oxygen atoms in total. The molecule has 102 valence electrons. The molecule has 0 saturated carbocycles. The molecule has 0 fully saturated rings. The number of carbonyl (C=O) groups is 1. The van der Waals surface area contributed by atoms with Crippen LogP contribution in [0.3, 0.4) is 0 Å². The van der Waals surface area contributed by atoms with E-state index in [1.807, 2.05) is 0 Å². The van der Waals surface area contributed by atoms with E-state index in [1.54, 1.807) is 13.8 Å². The number of terminal acetylenes is 1. The maximum Gasteiger partial charge on any atom is 0.387 e. The number of carboxylic acids is 1. The lowest BCUT2D eigenvalue weighted by Gasteiger charge is -2.34. The van der Waals surface area contributed by atoms with E-state index in [0.29, 0.717) is 5.56 Å². The fraction of sp³-hybridized carbons (Fsp3) is 0.357. The van der Waals surface area contributed by atoms with Crippen molar-refractivity contribution in [1.29, 1.82) is 0 Å². The summed E-state index contributed by atoms with van der Waals surface area (Å²) in [6.45, 7) is 0.368. The molecule has 0 aliphatic rings. The van der Waals surface area contributed by atoms with Crippen LogP contribution in [0.2, 0.25) is 0 Å². The molecule has 0 amide bonds. The number of carbonyl (C=O) groups excluding carboxylic acids is 1. The first-order valence-electron chi connectivity index (χ1n) is 5.59. The quantitative estimate of drug-likeness (QED) is 0.761. The van der Waals surface area contributed by atoms with Gasteiger partial charge in [-0.15, -0.1) is 6.42 Å². The van der Waals surface area contributed by atoms with Gasteiger partial charge < -0.3 is 14.6 Å². The van der Waals surface area contributed by atoms with Gasteiger partial charge in [0.05, 0.1) is 11.4 Å². The van der Waals surface area contributed by atoms with Crippen LogP contribution in [0.5, 0.6) is 5.75 Å². The van der Waals surface area contributed by atoms with Crippen LogP contribution in [0, 0.1) is 18.3 Å². The third-order valence-electron chi connectivity index (χ3n) is 2.95. The highest BCUT2D eigenvalue weighted by Crippen LogP contribution is 2.32. The maximum atomic E-state index is 12.0. The van der Waals surface area contributed by atoms with E-state index >= 15 is 0 Å². The second-order valence-electron chi connectivity index (χ2n) is 4.30. The third-order valence-corrected chi connectivity index (χ3v) is 2.95. The Balaban J connectivity index is 3.20. The van der Waals surface area contributed by atoms with E-state index in [1.165, 1.54) is 24.3 Å². The van der Waals surface area contributed by atoms with Gasteiger partial charge >= 0.3 is 6.61 Å². The minimum atomic E-state index is -2.94. The lowest BCUT2D eigenvalue weighted by molar-refractivity contribution is -0.312. The largest absolute Gasteiger partial charge is 0.548 e. The van der Waals surface area contributed by atoms with Crippen LogP contribution in [0.25, 0.3) is 0 Å². The number of carboxylic acid groups (broad SMARTS) is 1. The van der Waals surface area contributed by atoms with Crippen LogP contribution in [0.4, 0.5) is 8.78 Å². The Hall–Kier alpha value is -2.09. The van der Waals surface area contributed by atoms with Crippen molar-refractivity contribution in [2.45, 2.75) is 25.9 Å². The van der Waals surface area contributed by atoms with Crippen molar-refractivity contribution in [2.75, 3.05) is 0 Å². The molecule has 0 bridgehead atoms. The lowest BCUT2D eigenvalue weighted by atomic mass is 9.72. The molecule has 0 heterocycles. The van der Waals surface area contributed by atoms with Crippen molar-refractivity contribution in [3.05, 3.63) is 29.8 Å². The summed E-state index contributed by atoms with van der Waals surface area (Å²) < 4.78 is 28.2. The van der Waals surface area contributed by atoms with Crippen LogP contribution < -0.4 is 9.84 Å². The van der Waals surface area contributed by atoms with Crippen molar-refractivity contribution in [2.24, 2.45) is 5.92 Å². The summed E-state index contributed by atoms with van der Waals surface area (Å²) >= 11 is 0. The summed E-state index contributed by atoms with van der Waals surface area (Å²) in [7, 11) is 0. The number of hydrogen-bond donors (Lipinski definition) is 0. The van der Waals surface area contributed by atoms with Crippen molar-refractivity contribution >= 4 is 5.97 Å². The molecule has 1 rings (SSSR count). The van der Waals surface area contributed by atoms with E-state index in [2.05, 4.69) is 10.7 Å².